The van der Waals surface area contributed by atoms with Crippen molar-refractivity contribution < 1.29 is 14.3 Å². The highest BCUT2D eigenvalue weighted by molar-refractivity contribution is 7.22. The Labute approximate surface area is 182 Å². The molecule has 0 saturated heterocycles. The number of anilines is 1. The normalized spacial score (nSPS) is 11.1. The number of amides is 1. The number of para-hydroxylation sites is 1. The predicted molar refractivity (Wildman–Crippen MR) is 123 cm³/mol. The summed E-state index contributed by atoms with van der Waals surface area (Å²) in [7, 11) is 1.64. The molecule has 0 fully saturated rings. The third-order valence-corrected chi connectivity index (χ3v) is 6.30. The van der Waals surface area contributed by atoms with Crippen molar-refractivity contribution in [2.45, 2.75) is 20.8 Å². The third kappa shape index (κ3) is 5.09. The second kappa shape index (κ2) is 10.4. The van der Waals surface area contributed by atoms with Crippen molar-refractivity contribution in [3.05, 3.63) is 48.0 Å². The first-order valence-electron chi connectivity index (χ1n) is 10.2. The summed E-state index contributed by atoms with van der Waals surface area (Å²) in [5, 5.41) is 0.673. The highest BCUT2D eigenvalue weighted by Crippen LogP contribution is 2.36. The van der Waals surface area contributed by atoms with Gasteiger partial charge < -0.3 is 14.4 Å². The minimum atomic E-state index is -0.110. The summed E-state index contributed by atoms with van der Waals surface area (Å²) in [6.45, 7) is 9.46. The fourth-order valence-electron chi connectivity index (χ4n) is 3.23. The number of aromatic nitrogens is 1. The summed E-state index contributed by atoms with van der Waals surface area (Å²) in [6.07, 6.45) is 0. The van der Waals surface area contributed by atoms with Gasteiger partial charge >= 0.3 is 0 Å². The van der Waals surface area contributed by atoms with E-state index in [1.807, 2.05) is 49.4 Å². The molecule has 30 heavy (non-hydrogen) atoms. The Kier molecular flexibility index (Phi) is 7.65. The van der Waals surface area contributed by atoms with Gasteiger partial charge in [0.1, 0.15) is 17.0 Å². The van der Waals surface area contributed by atoms with Gasteiger partial charge in [0, 0.05) is 13.1 Å². The van der Waals surface area contributed by atoms with E-state index in [9.17, 15) is 4.79 Å². The van der Waals surface area contributed by atoms with Crippen LogP contribution in [0.15, 0.2) is 42.5 Å². The first kappa shape index (κ1) is 22.1. The molecule has 160 valence electrons. The number of hydrogen-bond acceptors (Lipinski definition) is 6. The molecule has 0 saturated carbocycles. The van der Waals surface area contributed by atoms with E-state index in [0.717, 1.165) is 41.2 Å². The predicted octanol–water partition coefficient (Wildman–Crippen LogP) is 4.37. The minimum absolute atomic E-state index is 0.0334. The molecule has 0 atom stereocenters. The average molecular weight is 428 g/mol. The van der Waals surface area contributed by atoms with Crippen LogP contribution in [-0.4, -0.2) is 55.7 Å². The van der Waals surface area contributed by atoms with Crippen molar-refractivity contribution in [3.8, 4) is 11.5 Å². The van der Waals surface area contributed by atoms with Crippen LogP contribution in [-0.2, 0) is 4.79 Å². The highest BCUT2D eigenvalue weighted by atomic mass is 32.1. The van der Waals surface area contributed by atoms with Gasteiger partial charge in [0.15, 0.2) is 11.7 Å². The van der Waals surface area contributed by atoms with Gasteiger partial charge in [-0.3, -0.25) is 9.69 Å². The summed E-state index contributed by atoms with van der Waals surface area (Å²) >= 11 is 1.52. The van der Waals surface area contributed by atoms with Crippen molar-refractivity contribution in [1.82, 2.24) is 9.88 Å². The molecule has 1 aromatic heterocycles. The Morgan fingerprint density at radius 3 is 2.47 bits per heavy atom. The van der Waals surface area contributed by atoms with Gasteiger partial charge in [0.05, 0.1) is 11.8 Å². The summed E-state index contributed by atoms with van der Waals surface area (Å²) in [6, 6.07) is 13.3. The van der Waals surface area contributed by atoms with E-state index >= 15 is 0 Å². The number of rotatable bonds is 10. The Bertz CT molecular complexity index is 970. The third-order valence-electron chi connectivity index (χ3n) is 5.08. The summed E-state index contributed by atoms with van der Waals surface area (Å²) in [4.78, 5) is 21.9. The lowest BCUT2D eigenvalue weighted by Gasteiger charge is -2.24. The monoisotopic (exact) mass is 427 g/mol. The van der Waals surface area contributed by atoms with Crippen LogP contribution < -0.4 is 14.4 Å². The number of carbonyl (C=O) groups is 1. The maximum atomic E-state index is 13.1. The molecule has 6 nitrogen and oxygen atoms in total. The molecule has 1 heterocycles. The van der Waals surface area contributed by atoms with E-state index in [1.54, 1.807) is 12.0 Å². The van der Waals surface area contributed by atoms with Crippen molar-refractivity contribution in [2.75, 3.05) is 44.8 Å². The van der Waals surface area contributed by atoms with Crippen LogP contribution in [0.5, 0.6) is 11.5 Å². The average Bonchev–Trinajstić information content (AvgIpc) is 3.22. The molecule has 7 heteroatoms. The van der Waals surface area contributed by atoms with Crippen LogP contribution in [0, 0.1) is 6.92 Å². The molecule has 0 N–H and O–H groups in total. The Morgan fingerprint density at radius 2 is 1.80 bits per heavy atom. The number of aryl methyl sites for hydroxylation is 1. The molecule has 0 aliphatic heterocycles. The first-order valence-corrected chi connectivity index (χ1v) is 11.0. The van der Waals surface area contributed by atoms with Crippen LogP contribution in [0.2, 0.25) is 0 Å². The number of carbonyl (C=O) groups excluding carboxylic acids is 1. The van der Waals surface area contributed by atoms with Crippen LogP contribution in [0.4, 0.5) is 5.13 Å². The van der Waals surface area contributed by atoms with Gasteiger partial charge in [-0.1, -0.05) is 49.4 Å². The SMILES string of the molecule is CCN(CC)CCN(C(=O)COc1ccccc1)c1nc2c(OC)ccc(C)c2s1. The highest BCUT2D eigenvalue weighted by Gasteiger charge is 2.22. The Balaban J connectivity index is 1.87. The molecule has 0 spiro atoms. The van der Waals surface area contributed by atoms with E-state index in [0.29, 0.717) is 17.4 Å². The number of benzene rings is 2. The quantitative estimate of drug-likeness (QED) is 0.481. The maximum Gasteiger partial charge on any atom is 0.266 e. The molecule has 0 aliphatic carbocycles. The fraction of sp³-hybridized carbons (Fsp3) is 0.391. The van der Waals surface area contributed by atoms with E-state index in [4.69, 9.17) is 14.5 Å². The lowest BCUT2D eigenvalue weighted by molar-refractivity contribution is -0.120. The molecule has 3 aromatic rings. The van der Waals surface area contributed by atoms with Gasteiger partial charge in [-0.25, -0.2) is 4.98 Å². The van der Waals surface area contributed by atoms with Gasteiger partial charge in [0.25, 0.3) is 5.91 Å². The minimum Gasteiger partial charge on any atom is -0.494 e. The molecule has 0 aliphatic rings. The molecule has 3 rings (SSSR count). The molecular weight excluding hydrogens is 398 g/mol. The summed E-state index contributed by atoms with van der Waals surface area (Å²) in [5.74, 6) is 1.29. The Hall–Kier alpha value is -2.64. The van der Waals surface area contributed by atoms with E-state index in [1.165, 1.54) is 11.3 Å². The Morgan fingerprint density at radius 1 is 1.07 bits per heavy atom. The molecule has 2 aromatic carbocycles. The van der Waals surface area contributed by atoms with Crippen LogP contribution in [0.1, 0.15) is 19.4 Å². The maximum absolute atomic E-state index is 13.1. The van der Waals surface area contributed by atoms with Crippen molar-refractivity contribution in [2.24, 2.45) is 0 Å². The van der Waals surface area contributed by atoms with Gasteiger partial charge in [-0.05, 0) is 43.8 Å². The van der Waals surface area contributed by atoms with Crippen LogP contribution in [0.25, 0.3) is 10.2 Å². The topological polar surface area (TPSA) is 54.9 Å². The lowest BCUT2D eigenvalue weighted by Crippen LogP contribution is -2.41. The zero-order chi connectivity index (χ0) is 21.5. The summed E-state index contributed by atoms with van der Waals surface area (Å²) in [5.41, 5.74) is 1.91. The smallest absolute Gasteiger partial charge is 0.266 e. The van der Waals surface area contributed by atoms with Crippen molar-refractivity contribution in [1.29, 1.82) is 0 Å². The number of ether oxygens (including phenoxy) is 2. The number of thiazole rings is 1. The van der Waals surface area contributed by atoms with E-state index < -0.39 is 0 Å². The van der Waals surface area contributed by atoms with Crippen molar-refractivity contribution in [3.63, 3.8) is 0 Å². The number of likely N-dealkylation sites (N-methyl/N-ethyl adjacent to an activating group) is 1. The second-order valence-corrected chi connectivity index (χ2v) is 7.91. The molecule has 0 radical (unpaired) electrons. The zero-order valence-corrected chi connectivity index (χ0v) is 18.9. The van der Waals surface area contributed by atoms with Crippen molar-refractivity contribution >= 4 is 32.6 Å². The largest absolute Gasteiger partial charge is 0.494 e. The standard InChI is InChI=1S/C23H29N3O3S/c1-5-25(6-2)14-15-26(20(27)16-29-18-10-8-7-9-11-18)23-24-21-19(28-4)13-12-17(3)22(21)30-23/h7-13H,5-6,14-16H2,1-4H3. The number of fused-ring (bicyclic) bond motifs is 1. The number of hydrogen-bond donors (Lipinski definition) is 0. The van der Waals surface area contributed by atoms with Gasteiger partial charge in [0.2, 0.25) is 0 Å². The fourth-order valence-corrected chi connectivity index (χ4v) is 4.32. The van der Waals surface area contributed by atoms with Gasteiger partial charge in [-0.15, -0.1) is 0 Å². The number of methoxy groups -OCH3 is 1. The van der Waals surface area contributed by atoms with E-state index in [-0.39, 0.29) is 12.5 Å². The van der Waals surface area contributed by atoms with Gasteiger partial charge in [-0.2, -0.15) is 0 Å². The first-order chi connectivity index (χ1) is 14.6. The van der Waals surface area contributed by atoms with Crippen LogP contribution in [0.3, 0.4) is 0 Å². The lowest BCUT2D eigenvalue weighted by atomic mass is 10.2. The number of nitrogens with zero attached hydrogens (tertiary/aromatic N) is 3. The molecule has 0 bridgehead atoms. The molecule has 1 amide bonds. The molecule has 0 unspecified atom stereocenters. The second-order valence-electron chi connectivity index (χ2n) is 6.93. The summed E-state index contributed by atoms with van der Waals surface area (Å²) < 4.78 is 12.2. The van der Waals surface area contributed by atoms with E-state index in [2.05, 4.69) is 18.7 Å². The molecular formula is C23H29N3O3S. The zero-order valence-electron chi connectivity index (χ0n) is 18.1. The van der Waals surface area contributed by atoms with Crippen LogP contribution >= 0.6 is 11.3 Å².